The minimum absolute atomic E-state index is 0.0632. The number of carbonyl (C=O) groups is 3. The summed E-state index contributed by atoms with van der Waals surface area (Å²) in [6.07, 6.45) is 3.77. The second-order valence-corrected chi connectivity index (χ2v) is 11.1. The number of hydrogen-bond donors (Lipinski definition) is 2. The van der Waals surface area contributed by atoms with Gasteiger partial charge in [-0.1, -0.05) is 25.1 Å². The summed E-state index contributed by atoms with van der Waals surface area (Å²) in [4.78, 5) is 36.4. The Morgan fingerprint density at radius 2 is 2.00 bits per heavy atom. The molecular formula is C22H32N3O7PS. The summed E-state index contributed by atoms with van der Waals surface area (Å²) in [5, 5.41) is 4.73. The highest BCUT2D eigenvalue weighted by Gasteiger charge is 2.37. The van der Waals surface area contributed by atoms with E-state index in [1.54, 1.807) is 44.2 Å². The number of ether oxygens (including phenoxy) is 1. The van der Waals surface area contributed by atoms with Crippen molar-refractivity contribution in [3.05, 3.63) is 42.6 Å². The van der Waals surface area contributed by atoms with Gasteiger partial charge in [-0.3, -0.25) is 18.9 Å². The molecule has 4 unspecified atom stereocenters. The zero-order chi connectivity index (χ0) is 25.1. The molecular weight excluding hydrogens is 481 g/mol. The molecule has 2 N–H and O–H groups in total. The fourth-order valence-electron chi connectivity index (χ4n) is 3.18. The molecule has 10 nitrogen and oxygen atoms in total. The molecule has 1 aliphatic heterocycles. The molecule has 12 heteroatoms. The molecule has 1 saturated heterocycles. The third kappa shape index (κ3) is 9.13. The molecule has 2 rings (SSSR count). The van der Waals surface area contributed by atoms with Gasteiger partial charge in [0.05, 0.1) is 18.1 Å². The number of rotatable bonds is 13. The quantitative estimate of drug-likeness (QED) is 0.177. The topological polar surface area (TPSA) is 123 Å². The Labute approximate surface area is 204 Å². The summed E-state index contributed by atoms with van der Waals surface area (Å²) in [5.41, 5.74) is 0. The number of amides is 2. The zero-order valence-corrected chi connectivity index (χ0v) is 21.4. The zero-order valence-electron chi connectivity index (χ0n) is 19.7. The van der Waals surface area contributed by atoms with E-state index in [1.807, 2.05) is 6.92 Å². The van der Waals surface area contributed by atoms with Gasteiger partial charge in [-0.2, -0.15) is 0 Å². The monoisotopic (exact) mass is 513 g/mol. The van der Waals surface area contributed by atoms with Crippen LogP contribution < -0.4 is 14.9 Å². The maximum absolute atomic E-state index is 13.4. The molecule has 0 bridgehead atoms. The first-order valence-corrected chi connectivity index (χ1v) is 13.4. The third-order valence-corrected chi connectivity index (χ3v) is 7.88. The van der Waals surface area contributed by atoms with E-state index >= 15 is 0 Å². The van der Waals surface area contributed by atoms with Crippen LogP contribution in [0.2, 0.25) is 0 Å². The number of esters is 1. The van der Waals surface area contributed by atoms with E-state index in [4.69, 9.17) is 13.8 Å². The summed E-state index contributed by atoms with van der Waals surface area (Å²) >= 11 is 1.48. The normalized spacial score (nSPS) is 21.7. The van der Waals surface area contributed by atoms with Crippen LogP contribution >= 0.6 is 19.5 Å². The van der Waals surface area contributed by atoms with Gasteiger partial charge in [0.15, 0.2) is 0 Å². The molecule has 4 atom stereocenters. The van der Waals surface area contributed by atoms with Gasteiger partial charge in [-0.15, -0.1) is 11.8 Å². The highest BCUT2D eigenvalue weighted by Crippen LogP contribution is 2.47. The maximum Gasteiger partial charge on any atom is 0.459 e. The second kappa shape index (κ2) is 13.5. The lowest BCUT2D eigenvalue weighted by molar-refractivity contribution is -0.146. The van der Waals surface area contributed by atoms with Crippen LogP contribution in [0, 0.1) is 5.92 Å². The number of benzene rings is 1. The fraction of sp³-hybridized carbons (Fsp3) is 0.500. The molecule has 0 aliphatic carbocycles. The van der Waals surface area contributed by atoms with Gasteiger partial charge in [0.1, 0.15) is 12.3 Å². The lowest BCUT2D eigenvalue weighted by Crippen LogP contribution is -2.30. The van der Waals surface area contributed by atoms with E-state index in [-0.39, 0.29) is 41.7 Å². The third-order valence-electron chi connectivity index (χ3n) is 4.70. The highest BCUT2D eigenvalue weighted by atomic mass is 32.2. The highest BCUT2D eigenvalue weighted by molar-refractivity contribution is 8.00. The lowest BCUT2D eigenvalue weighted by Gasteiger charge is -2.24. The summed E-state index contributed by atoms with van der Waals surface area (Å²) in [5.74, 6) is -0.471. The van der Waals surface area contributed by atoms with Crippen molar-refractivity contribution in [2.24, 2.45) is 5.92 Å². The van der Waals surface area contributed by atoms with Gasteiger partial charge in [-0.25, -0.2) is 9.65 Å². The summed E-state index contributed by atoms with van der Waals surface area (Å²) < 4.78 is 29.8. The van der Waals surface area contributed by atoms with E-state index in [2.05, 4.69) is 10.4 Å². The van der Waals surface area contributed by atoms with Crippen molar-refractivity contribution < 1.29 is 32.7 Å². The minimum atomic E-state index is -3.91. The Morgan fingerprint density at radius 3 is 2.62 bits per heavy atom. The average molecular weight is 514 g/mol. The van der Waals surface area contributed by atoms with E-state index < -0.39 is 13.7 Å². The number of para-hydroxylation sites is 1. The second-order valence-electron chi connectivity index (χ2n) is 7.92. The molecule has 0 spiro atoms. The first kappa shape index (κ1) is 27.9. The number of thioether (sulfide) groups is 1. The molecule has 1 aromatic carbocycles. The first-order chi connectivity index (χ1) is 16.2. The van der Waals surface area contributed by atoms with Crippen molar-refractivity contribution in [2.45, 2.75) is 43.9 Å². The largest absolute Gasteiger partial charge is 0.462 e. The number of likely N-dealkylation sites (N-methyl/N-ethyl adjacent to an activating group) is 1. The van der Waals surface area contributed by atoms with Crippen molar-refractivity contribution in [2.75, 3.05) is 20.2 Å². The summed E-state index contributed by atoms with van der Waals surface area (Å²) in [6, 6.07) is 8.51. The van der Waals surface area contributed by atoms with Crippen LogP contribution in [0.4, 0.5) is 0 Å². The van der Waals surface area contributed by atoms with Crippen LogP contribution in [0.3, 0.4) is 0 Å². The molecule has 2 amide bonds. The van der Waals surface area contributed by atoms with E-state index in [0.717, 1.165) is 0 Å². The number of carbonyl (C=O) groups excluding carboxylic acids is 3. The SMILES string of the molecule is CNC(=O)/C=C\N(C=O)C1SC(COP(=O)(NCC(=O)OC(C)C)Oc2ccccc2)CC1C. The Morgan fingerprint density at radius 1 is 1.29 bits per heavy atom. The fourth-order valence-corrected chi connectivity index (χ4v) is 6.18. The van der Waals surface area contributed by atoms with Crippen molar-refractivity contribution >= 4 is 37.8 Å². The van der Waals surface area contributed by atoms with Crippen LogP contribution in [0.15, 0.2) is 42.6 Å². The van der Waals surface area contributed by atoms with E-state index in [1.165, 1.54) is 36.0 Å². The molecule has 0 radical (unpaired) electrons. The molecule has 1 heterocycles. The maximum atomic E-state index is 13.4. The van der Waals surface area contributed by atoms with Crippen LogP contribution in [0.25, 0.3) is 0 Å². The van der Waals surface area contributed by atoms with Crippen molar-refractivity contribution in [3.63, 3.8) is 0 Å². The van der Waals surface area contributed by atoms with Crippen molar-refractivity contribution in [1.29, 1.82) is 0 Å². The van der Waals surface area contributed by atoms with Crippen LogP contribution in [-0.2, 0) is 28.2 Å². The number of hydrogen-bond acceptors (Lipinski definition) is 8. The molecule has 1 aliphatic rings. The van der Waals surface area contributed by atoms with E-state index in [0.29, 0.717) is 18.6 Å². The predicted octanol–water partition coefficient (Wildman–Crippen LogP) is 2.92. The van der Waals surface area contributed by atoms with Gasteiger partial charge in [0.2, 0.25) is 12.3 Å². The van der Waals surface area contributed by atoms with Gasteiger partial charge in [0, 0.05) is 24.6 Å². The van der Waals surface area contributed by atoms with Crippen molar-refractivity contribution in [1.82, 2.24) is 15.3 Å². The van der Waals surface area contributed by atoms with Gasteiger partial charge >= 0.3 is 13.7 Å². The Bertz CT molecular complexity index is 900. The first-order valence-electron chi connectivity index (χ1n) is 10.9. The van der Waals surface area contributed by atoms with Gasteiger partial charge in [-0.05, 0) is 38.3 Å². The molecule has 34 heavy (non-hydrogen) atoms. The van der Waals surface area contributed by atoms with E-state index in [9.17, 15) is 18.9 Å². The van der Waals surface area contributed by atoms with Crippen LogP contribution in [0.5, 0.6) is 5.75 Å². The molecule has 188 valence electrons. The lowest BCUT2D eigenvalue weighted by atomic mass is 10.1. The molecule has 0 aromatic heterocycles. The number of nitrogens with zero attached hydrogens (tertiary/aromatic N) is 1. The summed E-state index contributed by atoms with van der Waals surface area (Å²) in [7, 11) is -2.40. The smallest absolute Gasteiger partial charge is 0.459 e. The molecule has 1 fully saturated rings. The average Bonchev–Trinajstić information content (AvgIpc) is 3.17. The van der Waals surface area contributed by atoms with Gasteiger partial charge in [0.25, 0.3) is 0 Å². The standard InChI is InChI=1S/C22H32N3O7PS/c1-16(2)31-21(28)13-24-33(29,32-18-8-6-5-7-9-18)30-14-19-12-17(3)22(34-19)25(15-26)11-10-20(27)23-4/h5-11,15-17,19,22H,12-14H2,1-4H3,(H,23,27)(H,24,29)/b11-10-. The molecule has 0 saturated carbocycles. The Hall–Kier alpha value is -2.33. The van der Waals surface area contributed by atoms with Crippen LogP contribution in [-0.4, -0.2) is 60.1 Å². The van der Waals surface area contributed by atoms with Crippen molar-refractivity contribution in [3.8, 4) is 5.75 Å². The van der Waals surface area contributed by atoms with Crippen LogP contribution in [0.1, 0.15) is 27.2 Å². The Balaban J connectivity index is 2.03. The summed E-state index contributed by atoms with van der Waals surface area (Å²) in [6.45, 7) is 5.14. The molecule has 1 aromatic rings. The minimum Gasteiger partial charge on any atom is -0.462 e. The number of nitrogens with one attached hydrogen (secondary N) is 2. The predicted molar refractivity (Wildman–Crippen MR) is 130 cm³/mol. The van der Waals surface area contributed by atoms with Gasteiger partial charge < -0.3 is 19.5 Å². The Kier molecular flexibility index (Phi) is 11.1.